The molecule has 0 atom stereocenters. The van der Waals surface area contributed by atoms with Gasteiger partial charge in [0.05, 0.1) is 27.4 Å². The van der Waals surface area contributed by atoms with Crippen LogP contribution in [0.3, 0.4) is 0 Å². The molecule has 0 saturated heterocycles. The summed E-state index contributed by atoms with van der Waals surface area (Å²) in [5.74, 6) is 0. The Morgan fingerprint density at radius 1 is 1.14 bits per heavy atom. The maximum absolute atomic E-state index is 5.75. The van der Waals surface area contributed by atoms with Crippen molar-refractivity contribution in [3.05, 3.63) is 34.9 Å². The van der Waals surface area contributed by atoms with E-state index in [1.54, 1.807) is 0 Å². The van der Waals surface area contributed by atoms with Gasteiger partial charge in [0.25, 0.3) is 0 Å². The van der Waals surface area contributed by atoms with E-state index in [2.05, 4.69) is 5.10 Å². The molecule has 0 bridgehead atoms. The lowest BCUT2D eigenvalue weighted by Crippen LogP contribution is -3.00. The summed E-state index contributed by atoms with van der Waals surface area (Å²) in [6.45, 7) is 0. The minimum atomic E-state index is 0. The van der Waals surface area contributed by atoms with Crippen LogP contribution in [-0.2, 0) is 0 Å². The van der Waals surface area contributed by atoms with Crippen LogP contribution >= 0.6 is 11.6 Å². The molecule has 2 nitrogen and oxygen atoms in total. The molecule has 4 heteroatoms. The Kier molecular flexibility index (Phi) is 5.63. The van der Waals surface area contributed by atoms with Crippen LogP contribution in [0.4, 0.5) is 0 Å². The first-order valence-electron chi connectivity index (χ1n) is 4.10. The number of halogens is 2. The first kappa shape index (κ1) is 13.9. The third-order valence-electron chi connectivity index (χ3n) is 1.42. The van der Waals surface area contributed by atoms with E-state index < -0.39 is 0 Å². The van der Waals surface area contributed by atoms with E-state index in [1.807, 2.05) is 51.6 Å². The molecule has 0 aliphatic carbocycles. The molecule has 0 spiro atoms. The van der Waals surface area contributed by atoms with Crippen LogP contribution in [0.15, 0.2) is 29.4 Å². The fourth-order valence-corrected chi connectivity index (χ4v) is 0.915. The third-order valence-corrected chi connectivity index (χ3v) is 1.68. The molecule has 1 rings (SSSR count). The van der Waals surface area contributed by atoms with Gasteiger partial charge in [-0.2, -0.15) is 0 Å². The topological polar surface area (TPSA) is 12.4 Å². The summed E-state index contributed by atoms with van der Waals surface area (Å²) in [7, 11) is 6.02. The molecule has 0 amide bonds. The predicted octanol–water partition coefficient (Wildman–Crippen LogP) is -0.616. The van der Waals surface area contributed by atoms with Crippen LogP contribution in [0.2, 0.25) is 5.02 Å². The largest absolute Gasteiger partial charge is 1.00 e. The lowest BCUT2D eigenvalue weighted by molar-refractivity contribution is -0.876. The molecule has 0 fully saturated rings. The van der Waals surface area contributed by atoms with Gasteiger partial charge < -0.3 is 24.0 Å². The van der Waals surface area contributed by atoms with E-state index in [0.717, 1.165) is 10.6 Å². The molecule has 78 valence electrons. The van der Waals surface area contributed by atoms with Gasteiger partial charge in [-0.3, -0.25) is 0 Å². The summed E-state index contributed by atoms with van der Waals surface area (Å²) in [5, 5.41) is 5.08. The van der Waals surface area contributed by atoms with Gasteiger partial charge in [-0.25, -0.2) is 4.59 Å². The fraction of sp³-hybridized carbons (Fsp3) is 0.300. The number of rotatable bonds is 2. The zero-order valence-electron chi connectivity index (χ0n) is 8.54. The van der Waals surface area contributed by atoms with Crippen LogP contribution < -0.4 is 24.0 Å². The lowest BCUT2D eigenvalue weighted by Gasteiger charge is -2.14. The molecule has 14 heavy (non-hydrogen) atoms. The second-order valence-corrected chi connectivity index (χ2v) is 4.17. The third kappa shape index (κ3) is 5.57. The second-order valence-electron chi connectivity index (χ2n) is 3.74. The van der Waals surface area contributed by atoms with Crippen molar-refractivity contribution in [2.24, 2.45) is 5.10 Å². The second kappa shape index (κ2) is 5.68. The lowest BCUT2D eigenvalue weighted by atomic mass is 10.2. The van der Waals surface area contributed by atoms with Gasteiger partial charge in [0.15, 0.2) is 0 Å². The summed E-state index contributed by atoms with van der Waals surface area (Å²) in [4.78, 5) is 0. The van der Waals surface area contributed by atoms with Gasteiger partial charge in [-0.15, -0.1) is 0 Å². The average molecular weight is 325 g/mol. The Bertz CT molecular complexity index is 301. The average Bonchev–Trinajstić information content (AvgIpc) is 2.02. The highest BCUT2D eigenvalue weighted by molar-refractivity contribution is 6.30. The molecule has 0 heterocycles. The van der Waals surface area contributed by atoms with E-state index in [4.69, 9.17) is 11.6 Å². The Labute approximate surface area is 107 Å². The van der Waals surface area contributed by atoms with Crippen molar-refractivity contribution in [3.63, 3.8) is 0 Å². The SMILES string of the molecule is C[N+](C)(C)/N=C/c1ccc(Cl)cc1.[I-]. The molecule has 0 radical (unpaired) electrons. The molecular formula is C10H14ClIN2. The zero-order chi connectivity index (χ0) is 9.90. The number of hydrogen-bond acceptors (Lipinski definition) is 1. The highest BCUT2D eigenvalue weighted by Crippen LogP contribution is 2.08. The van der Waals surface area contributed by atoms with E-state index in [-0.39, 0.29) is 24.0 Å². The van der Waals surface area contributed by atoms with E-state index in [1.165, 1.54) is 0 Å². The van der Waals surface area contributed by atoms with Crippen molar-refractivity contribution >= 4 is 17.8 Å². The molecule has 0 unspecified atom stereocenters. The Balaban J connectivity index is 0.00000169. The highest BCUT2D eigenvalue weighted by Gasteiger charge is 2.01. The molecule has 1 aromatic rings. The van der Waals surface area contributed by atoms with Gasteiger partial charge in [0, 0.05) is 5.02 Å². The maximum atomic E-state index is 5.75. The van der Waals surface area contributed by atoms with E-state index in [0.29, 0.717) is 4.59 Å². The highest BCUT2D eigenvalue weighted by atomic mass is 127. The molecule has 0 saturated carbocycles. The normalized spacial score (nSPS) is 11.4. The summed E-state index contributed by atoms with van der Waals surface area (Å²) >= 11 is 5.75. The molecule has 0 aliphatic heterocycles. The maximum Gasteiger partial charge on any atom is 0.0923 e. The smallest absolute Gasteiger partial charge is 0.0923 e. The molecule has 0 N–H and O–H groups in total. The standard InChI is InChI=1S/C10H14ClN2.HI/c1-13(2,3)12-8-9-4-6-10(11)7-5-9;/h4-8H,1-3H3;1H/q+1;/p-1/b12-8+;. The minimum Gasteiger partial charge on any atom is -1.00 e. The van der Waals surface area contributed by atoms with Crippen molar-refractivity contribution in [3.8, 4) is 0 Å². The van der Waals surface area contributed by atoms with Crippen LogP contribution in [0.1, 0.15) is 5.56 Å². The Morgan fingerprint density at radius 2 is 1.64 bits per heavy atom. The van der Waals surface area contributed by atoms with E-state index in [9.17, 15) is 0 Å². The first-order chi connectivity index (χ1) is 5.97. The van der Waals surface area contributed by atoms with Gasteiger partial charge >= 0.3 is 0 Å². The summed E-state index contributed by atoms with van der Waals surface area (Å²) in [6.07, 6.45) is 1.84. The summed E-state index contributed by atoms with van der Waals surface area (Å²) in [6, 6.07) is 7.61. The first-order valence-corrected chi connectivity index (χ1v) is 4.48. The molecule has 1 aromatic carbocycles. The number of nitrogens with zero attached hydrogens (tertiary/aromatic N) is 2. The number of hydrogen-bond donors (Lipinski definition) is 0. The van der Waals surface area contributed by atoms with Crippen molar-refractivity contribution in [2.75, 3.05) is 21.1 Å². The van der Waals surface area contributed by atoms with Crippen LogP contribution in [0, 0.1) is 0 Å². The molecule has 0 aliphatic rings. The van der Waals surface area contributed by atoms with Gasteiger partial charge in [0.2, 0.25) is 0 Å². The Hall–Kier alpha value is -0.130. The van der Waals surface area contributed by atoms with Crippen LogP contribution in [-0.4, -0.2) is 31.9 Å². The summed E-state index contributed by atoms with van der Waals surface area (Å²) in [5.41, 5.74) is 1.07. The van der Waals surface area contributed by atoms with Gasteiger partial charge in [0.1, 0.15) is 0 Å². The monoisotopic (exact) mass is 324 g/mol. The van der Waals surface area contributed by atoms with Gasteiger partial charge in [-0.1, -0.05) is 28.8 Å². The minimum absolute atomic E-state index is 0. The van der Waals surface area contributed by atoms with Crippen LogP contribution in [0.5, 0.6) is 0 Å². The Morgan fingerprint density at radius 3 is 2.07 bits per heavy atom. The zero-order valence-corrected chi connectivity index (χ0v) is 11.5. The number of benzene rings is 1. The fourth-order valence-electron chi connectivity index (χ4n) is 0.789. The predicted molar refractivity (Wildman–Crippen MR) is 57.1 cm³/mol. The quantitative estimate of drug-likeness (QED) is 0.298. The number of quaternary nitrogens is 1. The van der Waals surface area contributed by atoms with Crippen molar-refractivity contribution in [2.45, 2.75) is 0 Å². The van der Waals surface area contributed by atoms with Gasteiger partial charge in [-0.05, 0) is 17.7 Å². The van der Waals surface area contributed by atoms with E-state index >= 15 is 0 Å². The van der Waals surface area contributed by atoms with Crippen molar-refractivity contribution in [1.29, 1.82) is 0 Å². The molecule has 0 aromatic heterocycles. The summed E-state index contributed by atoms with van der Waals surface area (Å²) < 4.78 is 0.572. The van der Waals surface area contributed by atoms with Crippen molar-refractivity contribution < 1.29 is 28.6 Å². The van der Waals surface area contributed by atoms with Crippen LogP contribution in [0.25, 0.3) is 0 Å². The van der Waals surface area contributed by atoms with Crippen molar-refractivity contribution in [1.82, 2.24) is 0 Å². The molecular weight excluding hydrogens is 310 g/mol.